The molecule has 9 aromatic carbocycles. The molecule has 0 N–H and O–H groups in total. The van der Waals surface area contributed by atoms with Crippen molar-refractivity contribution in [1.82, 2.24) is 19.9 Å². The minimum Gasteiger partial charge on any atom is -0.310 e. The van der Waals surface area contributed by atoms with Crippen LogP contribution >= 0.6 is 0 Å². The van der Waals surface area contributed by atoms with E-state index in [1.807, 2.05) is 0 Å². The zero-order valence-electron chi connectivity index (χ0n) is 42.7. The van der Waals surface area contributed by atoms with E-state index in [0.717, 1.165) is 101 Å². The van der Waals surface area contributed by atoms with Gasteiger partial charge in [-0.15, -0.1) is 0 Å². The van der Waals surface area contributed by atoms with Crippen LogP contribution in [0.5, 0.6) is 0 Å². The Hall–Kier alpha value is -9.66. The zero-order valence-corrected chi connectivity index (χ0v) is 42.7. The van der Waals surface area contributed by atoms with Crippen LogP contribution in [-0.2, 0) is 10.8 Å². The van der Waals surface area contributed by atoms with Gasteiger partial charge in [-0.1, -0.05) is 137 Å². The van der Waals surface area contributed by atoms with Gasteiger partial charge in [0, 0.05) is 68.1 Å². The predicted molar refractivity (Wildman–Crippen MR) is 313 cm³/mol. The van der Waals surface area contributed by atoms with Gasteiger partial charge in [-0.25, -0.2) is 9.97 Å². The van der Waals surface area contributed by atoms with Gasteiger partial charge in [0.2, 0.25) is 0 Å². The fourth-order valence-corrected chi connectivity index (χ4v) is 12.0. The van der Waals surface area contributed by atoms with Gasteiger partial charge in [0.1, 0.15) is 22.7 Å². The van der Waals surface area contributed by atoms with Crippen molar-refractivity contribution >= 4 is 101 Å². The van der Waals surface area contributed by atoms with Crippen LogP contribution in [0.3, 0.4) is 0 Å². The number of anilines is 12. The van der Waals surface area contributed by atoms with Crippen LogP contribution in [0.15, 0.2) is 243 Å². The summed E-state index contributed by atoms with van der Waals surface area (Å²) in [6.45, 7) is 9.33. The van der Waals surface area contributed by atoms with E-state index in [0.29, 0.717) is 0 Å². The number of aromatic nitrogens is 4. The first-order valence-electron chi connectivity index (χ1n) is 26.0. The van der Waals surface area contributed by atoms with E-state index in [4.69, 9.17) is 19.9 Å². The summed E-state index contributed by atoms with van der Waals surface area (Å²) >= 11 is 0. The summed E-state index contributed by atoms with van der Waals surface area (Å²) in [7, 11) is 0. The maximum atomic E-state index is 5.72. The van der Waals surface area contributed by atoms with Crippen LogP contribution in [0.2, 0.25) is 0 Å². The van der Waals surface area contributed by atoms with Gasteiger partial charge in [0.15, 0.2) is 0 Å². The van der Waals surface area contributed by atoms with Crippen LogP contribution in [0.25, 0.3) is 32.8 Å². The van der Waals surface area contributed by atoms with Crippen molar-refractivity contribution in [3.8, 4) is 0 Å². The Morgan fingerprint density at radius 3 is 1.00 bits per heavy atom. The number of nitrogens with zero attached hydrogens (tertiary/aromatic N) is 8. The molecule has 5 heterocycles. The number of rotatable bonds is 8. The fraction of sp³-hybridized carbons (Fsp3) is 0.0882. The van der Waals surface area contributed by atoms with Crippen LogP contribution < -0.4 is 19.6 Å². The van der Waals surface area contributed by atoms with E-state index in [2.05, 4.69) is 278 Å². The topological polar surface area (TPSA) is 64.5 Å². The lowest BCUT2D eigenvalue weighted by Gasteiger charge is -2.42. The van der Waals surface area contributed by atoms with E-state index >= 15 is 0 Å². The van der Waals surface area contributed by atoms with Gasteiger partial charge in [0.05, 0.1) is 33.8 Å². The molecule has 0 unspecified atom stereocenters. The third-order valence-corrected chi connectivity index (χ3v) is 15.7. The second kappa shape index (κ2) is 17.5. The molecule has 364 valence electrons. The number of fused-ring (bicyclic) bond motifs is 10. The lowest BCUT2D eigenvalue weighted by atomic mass is 9.73. The summed E-state index contributed by atoms with van der Waals surface area (Å²) in [5.41, 5.74) is 18.0. The molecule has 2 aliphatic heterocycles. The number of hydrogen-bond acceptors (Lipinski definition) is 8. The molecule has 0 radical (unpaired) electrons. The molecule has 0 fully saturated rings. The molecule has 0 aliphatic carbocycles. The highest BCUT2D eigenvalue weighted by Gasteiger charge is 2.40. The Morgan fingerprint density at radius 2 is 0.632 bits per heavy atom. The van der Waals surface area contributed by atoms with Crippen molar-refractivity contribution in [3.05, 3.63) is 265 Å². The quantitative estimate of drug-likeness (QED) is 0.140. The van der Waals surface area contributed by atoms with E-state index in [9.17, 15) is 0 Å². The molecular weight excluding hydrogens is 929 g/mol. The molecule has 0 amide bonds. The summed E-state index contributed by atoms with van der Waals surface area (Å²) in [6.07, 6.45) is 3.53. The van der Waals surface area contributed by atoms with Crippen LogP contribution in [0.4, 0.5) is 68.5 Å². The van der Waals surface area contributed by atoms with E-state index < -0.39 is 0 Å². The van der Waals surface area contributed by atoms with Crippen LogP contribution in [-0.4, -0.2) is 19.9 Å². The van der Waals surface area contributed by atoms with Gasteiger partial charge in [-0.3, -0.25) is 19.8 Å². The molecule has 0 saturated heterocycles. The molecule has 12 aromatic rings. The lowest BCUT2D eigenvalue weighted by molar-refractivity contribution is 0.631. The zero-order chi connectivity index (χ0) is 51.1. The average molecular weight is 981 g/mol. The van der Waals surface area contributed by atoms with E-state index in [1.165, 1.54) is 22.3 Å². The number of benzene rings is 9. The summed E-state index contributed by atoms with van der Waals surface area (Å²) in [4.78, 5) is 30.7. The maximum Gasteiger partial charge on any atom is 0.138 e. The fourth-order valence-electron chi connectivity index (χ4n) is 12.0. The first kappa shape index (κ1) is 45.0. The molecule has 0 atom stereocenters. The van der Waals surface area contributed by atoms with Crippen molar-refractivity contribution in [3.63, 3.8) is 0 Å². The Morgan fingerprint density at radius 1 is 0.303 bits per heavy atom. The third kappa shape index (κ3) is 7.05. The first-order chi connectivity index (χ1) is 37.2. The van der Waals surface area contributed by atoms with Crippen molar-refractivity contribution in [2.75, 3.05) is 19.6 Å². The highest BCUT2D eigenvalue weighted by atomic mass is 15.2. The van der Waals surface area contributed by atoms with E-state index in [-0.39, 0.29) is 10.8 Å². The van der Waals surface area contributed by atoms with Crippen molar-refractivity contribution in [1.29, 1.82) is 0 Å². The second-order valence-electron chi connectivity index (χ2n) is 20.8. The highest BCUT2D eigenvalue weighted by Crippen LogP contribution is 2.55. The molecule has 2 aliphatic rings. The van der Waals surface area contributed by atoms with Gasteiger partial charge in [-0.2, -0.15) is 0 Å². The summed E-state index contributed by atoms with van der Waals surface area (Å²) in [6, 6.07) is 82.2. The Labute approximate surface area is 442 Å². The monoisotopic (exact) mass is 980 g/mol. The molecular formula is C68H52N8. The summed E-state index contributed by atoms with van der Waals surface area (Å²) in [5.74, 6) is 1.57. The van der Waals surface area contributed by atoms with Crippen LogP contribution in [0.1, 0.15) is 49.9 Å². The van der Waals surface area contributed by atoms with Crippen LogP contribution in [0, 0.1) is 0 Å². The van der Waals surface area contributed by atoms with Gasteiger partial charge < -0.3 is 9.80 Å². The maximum absolute atomic E-state index is 5.72. The second-order valence-corrected chi connectivity index (χ2v) is 20.8. The van der Waals surface area contributed by atoms with Gasteiger partial charge >= 0.3 is 0 Å². The highest BCUT2D eigenvalue weighted by molar-refractivity contribution is 6.21. The molecule has 76 heavy (non-hydrogen) atoms. The Bertz CT molecular complexity index is 3850. The molecule has 14 rings (SSSR count). The number of pyridine rings is 2. The van der Waals surface area contributed by atoms with Crippen molar-refractivity contribution in [2.45, 2.75) is 38.5 Å². The predicted octanol–water partition coefficient (Wildman–Crippen LogP) is 17.9. The molecule has 8 nitrogen and oxygen atoms in total. The SMILES string of the molecule is CC1(C)c2ccccc2N(c2ccc3c4nccnc4c4ccc(N5c6ccccc6C(C)(C)c6cc(N(c7ccccc7)c7ccccc7)ccc65)nc4c3n2)c2ccc(N(c3ccccc3)c3ccccc3)cc21. The molecule has 8 heteroatoms. The normalized spacial score (nSPS) is 13.9. The Balaban J connectivity index is 0.959. The van der Waals surface area contributed by atoms with Crippen molar-refractivity contribution < 1.29 is 0 Å². The largest absolute Gasteiger partial charge is 0.310 e. The van der Waals surface area contributed by atoms with E-state index in [1.54, 1.807) is 12.4 Å². The Kier molecular flexibility index (Phi) is 10.4. The molecule has 3 aromatic heterocycles. The number of hydrogen-bond donors (Lipinski definition) is 0. The minimum atomic E-state index is -0.346. The average Bonchev–Trinajstić information content (AvgIpc) is 3.49. The standard InChI is InChI=1S/C68H52N8/c1-67(2)53-29-17-19-31-57(53)75(59-37-33-49(43-55(59)67)73(45-21-9-5-10-22-45)46-23-11-6-12-24-46)61-39-35-51-63-64(70-42-41-69-63)52-36-40-62(72-66(52)65(51)71-61)76-58-32-20-18-30-54(58)68(3,4)56-44-50(34-38-60(56)76)74(47-25-13-7-14-26-47)48-27-15-8-16-28-48/h5-44H,1-4H3. The third-order valence-electron chi connectivity index (χ3n) is 15.7. The summed E-state index contributed by atoms with van der Waals surface area (Å²) < 4.78 is 0. The lowest BCUT2D eigenvalue weighted by Crippen LogP contribution is -2.31. The summed E-state index contributed by atoms with van der Waals surface area (Å²) in [5, 5.41) is 1.78. The van der Waals surface area contributed by atoms with Gasteiger partial charge in [0.25, 0.3) is 0 Å². The minimum absolute atomic E-state index is 0.346. The molecule has 0 spiro atoms. The van der Waals surface area contributed by atoms with Gasteiger partial charge in [-0.05, 0) is 144 Å². The molecule has 0 bridgehead atoms. The first-order valence-corrected chi connectivity index (χ1v) is 26.0. The molecule has 0 saturated carbocycles. The van der Waals surface area contributed by atoms with Crippen molar-refractivity contribution in [2.24, 2.45) is 0 Å². The smallest absolute Gasteiger partial charge is 0.138 e. The number of para-hydroxylation sites is 6.